The molecule has 23 heavy (non-hydrogen) atoms. The van der Waals surface area contributed by atoms with Crippen LogP contribution in [0.5, 0.6) is 0 Å². The van der Waals surface area contributed by atoms with Gasteiger partial charge in [0.05, 0.1) is 14.2 Å². The molecule has 1 rings (SSSR count). The second-order valence-electron chi connectivity index (χ2n) is 4.96. The lowest BCUT2D eigenvalue weighted by Crippen LogP contribution is -2.38. The number of aliphatic carboxylic acids is 1. The summed E-state index contributed by atoms with van der Waals surface area (Å²) < 4.78 is 9.84. The van der Waals surface area contributed by atoms with Crippen LogP contribution in [-0.4, -0.2) is 48.8 Å². The van der Waals surface area contributed by atoms with E-state index >= 15 is 0 Å². The van der Waals surface area contributed by atoms with Gasteiger partial charge in [0.25, 0.3) is 0 Å². The van der Waals surface area contributed by atoms with Crippen molar-refractivity contribution in [1.82, 2.24) is 5.32 Å². The molecule has 8 nitrogen and oxygen atoms in total. The Morgan fingerprint density at radius 3 is 2.13 bits per heavy atom. The monoisotopic (exact) mass is 325 g/mol. The quantitative estimate of drug-likeness (QED) is 0.647. The van der Waals surface area contributed by atoms with Crippen LogP contribution in [0.15, 0.2) is 22.7 Å². The largest absolute Gasteiger partial charge is 0.489 e. The van der Waals surface area contributed by atoms with Crippen molar-refractivity contribution < 1.29 is 33.8 Å². The molecule has 0 aromatic carbocycles. The minimum atomic E-state index is -1.16. The molecular weight excluding hydrogens is 306 g/mol. The van der Waals surface area contributed by atoms with Crippen LogP contribution >= 0.6 is 0 Å². The van der Waals surface area contributed by atoms with Gasteiger partial charge in [-0.3, -0.25) is 19.2 Å². The molecule has 0 spiro atoms. The van der Waals surface area contributed by atoms with E-state index in [0.717, 1.165) is 0 Å². The first kappa shape index (κ1) is 18.4. The van der Waals surface area contributed by atoms with Gasteiger partial charge in [0.15, 0.2) is 0 Å². The van der Waals surface area contributed by atoms with Gasteiger partial charge in [0.2, 0.25) is 29.0 Å². The topological polar surface area (TPSA) is 119 Å². The summed E-state index contributed by atoms with van der Waals surface area (Å²) in [5, 5.41) is 11.0. The Hall–Kier alpha value is -2.64. The van der Waals surface area contributed by atoms with Gasteiger partial charge >= 0.3 is 5.97 Å². The number of carbonyl (C=O) groups is 4. The molecule has 2 N–H and O–H groups in total. The molecule has 1 amide bonds. The molecular formula is C15H19NO7. The molecule has 1 aliphatic rings. The van der Waals surface area contributed by atoms with E-state index in [1.165, 1.54) is 28.1 Å². The van der Waals surface area contributed by atoms with Crippen molar-refractivity contribution in [2.45, 2.75) is 32.7 Å². The predicted octanol–water partition coefficient (Wildman–Crippen LogP) is 0.329. The van der Waals surface area contributed by atoms with Gasteiger partial charge in [-0.25, -0.2) is 0 Å². The minimum Gasteiger partial charge on any atom is -0.489 e. The number of ketones is 2. The number of ether oxygens (including phenoxy) is 2. The van der Waals surface area contributed by atoms with Crippen LogP contribution in [-0.2, 0) is 28.7 Å². The molecule has 0 saturated carbocycles. The number of nitrogens with one attached hydrogen (secondary N) is 1. The van der Waals surface area contributed by atoms with E-state index in [1.54, 1.807) is 0 Å². The van der Waals surface area contributed by atoms with Gasteiger partial charge in [0, 0.05) is 17.6 Å². The summed E-state index contributed by atoms with van der Waals surface area (Å²) in [6.45, 7) is 2.80. The van der Waals surface area contributed by atoms with E-state index in [2.05, 4.69) is 5.32 Å². The minimum absolute atomic E-state index is 0.00155. The summed E-state index contributed by atoms with van der Waals surface area (Å²) in [6, 6.07) is -1.03. The van der Waals surface area contributed by atoms with E-state index < -0.39 is 29.5 Å². The van der Waals surface area contributed by atoms with Crippen LogP contribution in [0.2, 0.25) is 0 Å². The van der Waals surface area contributed by atoms with Crippen molar-refractivity contribution in [1.29, 1.82) is 0 Å². The van der Waals surface area contributed by atoms with Crippen LogP contribution in [0, 0.1) is 0 Å². The first-order chi connectivity index (χ1) is 10.7. The van der Waals surface area contributed by atoms with Gasteiger partial charge in [-0.1, -0.05) is 0 Å². The van der Waals surface area contributed by atoms with Gasteiger partial charge in [-0.2, -0.15) is 0 Å². The summed E-state index contributed by atoms with van der Waals surface area (Å²) in [5.41, 5.74) is 0.345. The fourth-order valence-electron chi connectivity index (χ4n) is 2.11. The Labute approximate surface area is 133 Å². The van der Waals surface area contributed by atoms with Crippen LogP contribution in [0.25, 0.3) is 0 Å². The molecule has 0 radical (unpaired) electrons. The first-order valence-electron chi connectivity index (χ1n) is 6.88. The number of methoxy groups -OCH3 is 2. The summed E-state index contributed by atoms with van der Waals surface area (Å²) >= 11 is 0. The Balaban J connectivity index is 2.87. The van der Waals surface area contributed by atoms with Gasteiger partial charge in [-0.15, -0.1) is 0 Å². The molecule has 0 fully saturated rings. The van der Waals surface area contributed by atoms with Crippen molar-refractivity contribution in [2.75, 3.05) is 14.2 Å². The highest BCUT2D eigenvalue weighted by atomic mass is 16.5. The lowest BCUT2D eigenvalue weighted by molar-refractivity contribution is -0.141. The Bertz CT molecular complexity index is 615. The van der Waals surface area contributed by atoms with Crippen LogP contribution in [0.4, 0.5) is 0 Å². The molecule has 0 aromatic rings. The van der Waals surface area contributed by atoms with E-state index in [1.807, 2.05) is 0 Å². The first-order valence-corrected chi connectivity index (χ1v) is 6.88. The summed E-state index contributed by atoms with van der Waals surface area (Å²) in [4.78, 5) is 46.9. The number of hydrogen-bond donors (Lipinski definition) is 2. The van der Waals surface area contributed by atoms with Crippen molar-refractivity contribution in [2.24, 2.45) is 0 Å². The van der Waals surface area contributed by atoms with E-state index in [0.29, 0.717) is 0 Å². The zero-order valence-electron chi connectivity index (χ0n) is 13.4. The van der Waals surface area contributed by atoms with Crippen molar-refractivity contribution >= 4 is 23.4 Å². The number of allylic oxidation sites excluding steroid dienone is 2. The SMILES string of the molecule is COC1=C(OC)C(=O)C(CCC(=O)NC(C)C(=O)O)=C(C)C1=O. The maximum Gasteiger partial charge on any atom is 0.325 e. The molecule has 0 saturated heterocycles. The van der Waals surface area contributed by atoms with Crippen LogP contribution in [0.3, 0.4) is 0 Å². The molecule has 0 aromatic heterocycles. The number of rotatable bonds is 7. The number of carboxylic acids is 1. The molecule has 1 unspecified atom stereocenters. The smallest absolute Gasteiger partial charge is 0.325 e. The number of carbonyl (C=O) groups excluding carboxylic acids is 3. The van der Waals surface area contributed by atoms with E-state index in [-0.39, 0.29) is 35.5 Å². The fourth-order valence-corrected chi connectivity index (χ4v) is 2.11. The third-order valence-corrected chi connectivity index (χ3v) is 3.44. The second-order valence-corrected chi connectivity index (χ2v) is 4.96. The lowest BCUT2D eigenvalue weighted by atomic mass is 9.90. The molecule has 8 heteroatoms. The highest BCUT2D eigenvalue weighted by Crippen LogP contribution is 2.28. The summed E-state index contributed by atoms with van der Waals surface area (Å²) in [7, 11) is 2.51. The van der Waals surface area contributed by atoms with Crippen LogP contribution < -0.4 is 5.32 Å². The standard InChI is InChI=1S/C15H19NO7/c1-7-9(5-6-10(17)16-8(2)15(20)21)12(19)14(23-4)13(22-3)11(7)18/h8H,5-6H2,1-4H3,(H,16,17)(H,20,21). The molecule has 0 aliphatic heterocycles. The predicted molar refractivity (Wildman–Crippen MR) is 78.2 cm³/mol. The van der Waals surface area contributed by atoms with Crippen LogP contribution in [0.1, 0.15) is 26.7 Å². The third kappa shape index (κ3) is 3.97. The average molecular weight is 325 g/mol. The fraction of sp³-hybridized carbons (Fsp3) is 0.467. The Morgan fingerprint density at radius 1 is 1.13 bits per heavy atom. The molecule has 126 valence electrons. The van der Waals surface area contributed by atoms with Gasteiger partial charge in [-0.05, 0) is 20.3 Å². The van der Waals surface area contributed by atoms with Gasteiger partial charge < -0.3 is 19.9 Å². The lowest BCUT2D eigenvalue weighted by Gasteiger charge is -2.20. The average Bonchev–Trinajstić information content (AvgIpc) is 2.50. The number of hydrogen-bond acceptors (Lipinski definition) is 6. The zero-order valence-corrected chi connectivity index (χ0v) is 13.4. The van der Waals surface area contributed by atoms with E-state index in [9.17, 15) is 19.2 Å². The molecule has 1 atom stereocenters. The summed E-state index contributed by atoms with van der Waals surface area (Å²) in [5.74, 6) is -3.04. The third-order valence-electron chi connectivity index (χ3n) is 3.44. The second kappa shape index (κ2) is 7.57. The summed E-state index contributed by atoms with van der Waals surface area (Å²) in [6.07, 6.45) is -0.124. The zero-order chi connectivity index (χ0) is 17.7. The molecule has 0 heterocycles. The normalized spacial score (nSPS) is 16.3. The number of carboxylic acid groups (broad SMARTS) is 1. The van der Waals surface area contributed by atoms with E-state index in [4.69, 9.17) is 14.6 Å². The number of amides is 1. The maximum atomic E-state index is 12.3. The number of Topliss-reactive ketones (excluding diaryl/α,β-unsaturated/α-hetero) is 2. The maximum absolute atomic E-state index is 12.3. The van der Waals surface area contributed by atoms with Gasteiger partial charge in [0.1, 0.15) is 6.04 Å². The molecule has 1 aliphatic carbocycles. The Kier molecular flexibility index (Phi) is 6.06. The highest BCUT2D eigenvalue weighted by molar-refractivity contribution is 6.23. The van der Waals surface area contributed by atoms with Crippen molar-refractivity contribution in [3.05, 3.63) is 22.7 Å². The highest BCUT2D eigenvalue weighted by Gasteiger charge is 2.34. The Morgan fingerprint density at radius 2 is 1.65 bits per heavy atom. The molecule has 0 bridgehead atoms. The van der Waals surface area contributed by atoms with Crippen molar-refractivity contribution in [3.63, 3.8) is 0 Å². The van der Waals surface area contributed by atoms with Crippen molar-refractivity contribution in [3.8, 4) is 0 Å².